The van der Waals surface area contributed by atoms with Crippen LogP contribution in [0, 0.1) is 0 Å². The van der Waals surface area contributed by atoms with E-state index in [2.05, 4.69) is 4.90 Å². The van der Waals surface area contributed by atoms with Crippen molar-refractivity contribution < 1.29 is 15.0 Å². The van der Waals surface area contributed by atoms with E-state index in [-0.39, 0.29) is 6.61 Å². The minimum atomic E-state index is -0.827. The predicted molar refractivity (Wildman–Crippen MR) is 79.5 cm³/mol. The highest BCUT2D eigenvalue weighted by atomic mass is 16.4. The van der Waals surface area contributed by atoms with Gasteiger partial charge in [-0.25, -0.2) is 4.79 Å². The molecular formula is C16H23NO3. The number of aliphatic hydroxyl groups excluding tert-OH is 1. The third-order valence-corrected chi connectivity index (χ3v) is 3.91. The molecule has 0 saturated carbocycles. The molecule has 0 aliphatic carbocycles. The number of rotatable bonds is 7. The van der Waals surface area contributed by atoms with Crippen LogP contribution >= 0.6 is 0 Å². The molecule has 4 heteroatoms. The van der Waals surface area contributed by atoms with Gasteiger partial charge in [-0.15, -0.1) is 0 Å². The average molecular weight is 277 g/mol. The van der Waals surface area contributed by atoms with Gasteiger partial charge in [-0.2, -0.15) is 0 Å². The first-order chi connectivity index (χ1) is 9.74. The molecule has 110 valence electrons. The number of unbranched alkanes of at least 4 members (excludes halogenated alkanes) is 3. The summed E-state index contributed by atoms with van der Waals surface area (Å²) in [6.45, 7) is 2.26. The summed E-state index contributed by atoms with van der Waals surface area (Å²) in [5, 5.41) is 18.0. The Hall–Kier alpha value is -1.55. The Morgan fingerprint density at radius 3 is 2.75 bits per heavy atom. The molecule has 1 aromatic rings. The molecule has 1 heterocycles. The topological polar surface area (TPSA) is 60.8 Å². The first kappa shape index (κ1) is 14.9. The van der Waals surface area contributed by atoms with Gasteiger partial charge in [0.1, 0.15) is 0 Å². The molecule has 0 spiro atoms. The predicted octanol–water partition coefficient (Wildman–Crippen LogP) is 2.69. The van der Waals surface area contributed by atoms with Gasteiger partial charge in [0.25, 0.3) is 0 Å². The summed E-state index contributed by atoms with van der Waals surface area (Å²) in [7, 11) is 0. The van der Waals surface area contributed by atoms with E-state index in [0.717, 1.165) is 62.9 Å². The van der Waals surface area contributed by atoms with E-state index in [4.69, 9.17) is 5.11 Å². The van der Waals surface area contributed by atoms with Gasteiger partial charge in [0.15, 0.2) is 0 Å². The fraction of sp³-hybridized carbons (Fsp3) is 0.562. The van der Waals surface area contributed by atoms with Crippen molar-refractivity contribution in [2.45, 2.75) is 38.5 Å². The summed E-state index contributed by atoms with van der Waals surface area (Å²) in [5.74, 6) is -0.827. The molecule has 0 aromatic heterocycles. The van der Waals surface area contributed by atoms with Crippen molar-refractivity contribution in [3.8, 4) is 0 Å². The van der Waals surface area contributed by atoms with E-state index in [1.165, 1.54) is 0 Å². The summed E-state index contributed by atoms with van der Waals surface area (Å²) < 4.78 is 0. The Balaban J connectivity index is 2.01. The molecular weight excluding hydrogens is 254 g/mol. The third kappa shape index (κ3) is 3.51. The minimum Gasteiger partial charge on any atom is -0.478 e. The van der Waals surface area contributed by atoms with Gasteiger partial charge in [-0.05, 0) is 43.4 Å². The zero-order valence-electron chi connectivity index (χ0n) is 11.8. The lowest BCUT2D eigenvalue weighted by Gasteiger charge is -2.32. The van der Waals surface area contributed by atoms with Gasteiger partial charge >= 0.3 is 5.97 Å². The second kappa shape index (κ2) is 7.29. The summed E-state index contributed by atoms with van der Waals surface area (Å²) >= 11 is 0. The maximum absolute atomic E-state index is 11.3. The molecule has 0 unspecified atom stereocenters. The molecule has 0 atom stereocenters. The van der Waals surface area contributed by atoms with Crippen LogP contribution in [0.25, 0.3) is 0 Å². The van der Waals surface area contributed by atoms with E-state index in [0.29, 0.717) is 5.56 Å². The highest BCUT2D eigenvalue weighted by molar-refractivity contribution is 5.91. The standard InChI is InChI=1S/C16H23NO3/c18-12-4-2-1-3-10-17-11-6-8-13-14(16(19)20)7-5-9-15(13)17/h5,7,9,18H,1-4,6,8,10-12H2,(H,19,20). The van der Waals surface area contributed by atoms with Gasteiger partial charge in [0.05, 0.1) is 5.56 Å². The molecule has 0 amide bonds. The van der Waals surface area contributed by atoms with Gasteiger partial charge in [-0.3, -0.25) is 0 Å². The van der Waals surface area contributed by atoms with E-state index < -0.39 is 5.97 Å². The Labute approximate surface area is 120 Å². The number of nitrogens with zero attached hydrogens (tertiary/aromatic N) is 1. The van der Waals surface area contributed by atoms with Crippen LogP contribution in [0.4, 0.5) is 5.69 Å². The second-order valence-electron chi connectivity index (χ2n) is 5.34. The summed E-state index contributed by atoms with van der Waals surface area (Å²) in [6.07, 6.45) is 6.03. The molecule has 0 fully saturated rings. The van der Waals surface area contributed by atoms with Gasteiger partial charge in [0, 0.05) is 25.4 Å². The lowest BCUT2D eigenvalue weighted by molar-refractivity contribution is 0.0695. The number of hydrogen-bond donors (Lipinski definition) is 2. The van der Waals surface area contributed by atoms with Crippen LogP contribution in [-0.4, -0.2) is 35.9 Å². The maximum Gasteiger partial charge on any atom is 0.336 e. The number of aromatic carboxylic acids is 1. The highest BCUT2D eigenvalue weighted by Gasteiger charge is 2.21. The van der Waals surface area contributed by atoms with Crippen molar-refractivity contribution in [2.75, 3.05) is 24.6 Å². The smallest absolute Gasteiger partial charge is 0.336 e. The Bertz CT molecular complexity index is 459. The first-order valence-electron chi connectivity index (χ1n) is 7.45. The van der Waals surface area contributed by atoms with Crippen LogP contribution in [-0.2, 0) is 6.42 Å². The molecule has 1 aliphatic heterocycles. The number of carbonyl (C=O) groups is 1. The lowest BCUT2D eigenvalue weighted by Crippen LogP contribution is -2.31. The van der Waals surface area contributed by atoms with Crippen molar-refractivity contribution in [2.24, 2.45) is 0 Å². The van der Waals surface area contributed by atoms with Crippen molar-refractivity contribution in [1.29, 1.82) is 0 Å². The Morgan fingerprint density at radius 2 is 2.00 bits per heavy atom. The normalized spacial score (nSPS) is 14.2. The van der Waals surface area contributed by atoms with Crippen molar-refractivity contribution in [3.05, 3.63) is 29.3 Å². The maximum atomic E-state index is 11.3. The van der Waals surface area contributed by atoms with Crippen LogP contribution in [0.1, 0.15) is 48.0 Å². The molecule has 1 aromatic carbocycles. The number of hydrogen-bond acceptors (Lipinski definition) is 3. The van der Waals surface area contributed by atoms with Crippen LogP contribution in [0.15, 0.2) is 18.2 Å². The van der Waals surface area contributed by atoms with E-state index >= 15 is 0 Å². The summed E-state index contributed by atoms with van der Waals surface area (Å²) in [5.41, 5.74) is 2.53. The molecule has 0 bridgehead atoms. The number of fused-ring (bicyclic) bond motifs is 1. The van der Waals surface area contributed by atoms with Crippen LogP contribution in [0.5, 0.6) is 0 Å². The molecule has 2 rings (SSSR count). The second-order valence-corrected chi connectivity index (χ2v) is 5.34. The molecule has 1 aliphatic rings. The number of carboxylic acids is 1. The zero-order valence-corrected chi connectivity index (χ0v) is 11.8. The molecule has 0 saturated heterocycles. The fourth-order valence-electron chi connectivity index (χ4n) is 2.90. The van der Waals surface area contributed by atoms with Gasteiger partial charge < -0.3 is 15.1 Å². The quantitative estimate of drug-likeness (QED) is 0.752. The SMILES string of the molecule is O=C(O)c1cccc2c1CCCN2CCCCCCO. The number of anilines is 1. The minimum absolute atomic E-state index is 0.272. The molecule has 4 nitrogen and oxygen atoms in total. The first-order valence-corrected chi connectivity index (χ1v) is 7.45. The largest absolute Gasteiger partial charge is 0.478 e. The Morgan fingerprint density at radius 1 is 1.20 bits per heavy atom. The van der Waals surface area contributed by atoms with Crippen LogP contribution < -0.4 is 4.90 Å². The monoisotopic (exact) mass is 277 g/mol. The van der Waals surface area contributed by atoms with Crippen LogP contribution in [0.3, 0.4) is 0 Å². The summed E-state index contributed by atoms with van der Waals surface area (Å²) in [6, 6.07) is 5.58. The van der Waals surface area contributed by atoms with Crippen LogP contribution in [0.2, 0.25) is 0 Å². The van der Waals surface area contributed by atoms with Crippen molar-refractivity contribution in [3.63, 3.8) is 0 Å². The highest BCUT2D eigenvalue weighted by Crippen LogP contribution is 2.30. The van der Waals surface area contributed by atoms with Gasteiger partial charge in [-0.1, -0.05) is 18.9 Å². The number of carboxylic acid groups (broad SMARTS) is 1. The molecule has 2 N–H and O–H groups in total. The molecule has 0 radical (unpaired) electrons. The Kier molecular flexibility index (Phi) is 5.41. The van der Waals surface area contributed by atoms with Gasteiger partial charge in [0.2, 0.25) is 0 Å². The zero-order chi connectivity index (χ0) is 14.4. The van der Waals surface area contributed by atoms with Crippen molar-refractivity contribution in [1.82, 2.24) is 0 Å². The average Bonchev–Trinajstić information content (AvgIpc) is 2.46. The van der Waals surface area contributed by atoms with E-state index in [1.54, 1.807) is 6.07 Å². The van der Waals surface area contributed by atoms with Crippen molar-refractivity contribution >= 4 is 11.7 Å². The lowest BCUT2D eigenvalue weighted by atomic mass is 9.96. The number of aliphatic hydroxyl groups is 1. The summed E-state index contributed by atoms with van der Waals surface area (Å²) in [4.78, 5) is 13.6. The third-order valence-electron chi connectivity index (χ3n) is 3.91. The fourth-order valence-corrected chi connectivity index (χ4v) is 2.90. The number of benzene rings is 1. The molecule has 20 heavy (non-hydrogen) atoms. The van der Waals surface area contributed by atoms with E-state index in [9.17, 15) is 9.90 Å². The van der Waals surface area contributed by atoms with E-state index in [1.807, 2.05) is 12.1 Å².